The third-order valence-electron chi connectivity index (χ3n) is 10.0. The molecule has 4 amide bonds. The van der Waals surface area contributed by atoms with Gasteiger partial charge in [-0.05, 0) is 50.4 Å². The number of benzene rings is 1. The van der Waals surface area contributed by atoms with E-state index in [-0.39, 0.29) is 25.5 Å². The van der Waals surface area contributed by atoms with Crippen molar-refractivity contribution in [2.45, 2.75) is 107 Å². The Bertz CT molecular complexity index is 1710. The molecule has 264 valence electrons. The molecule has 2 aromatic rings. The van der Waals surface area contributed by atoms with Crippen LogP contribution < -0.4 is 15.4 Å². The summed E-state index contributed by atoms with van der Waals surface area (Å²) in [5, 5.41) is 13.6. The number of rotatable bonds is 11. The van der Waals surface area contributed by atoms with Gasteiger partial charge in [0.25, 0.3) is 5.91 Å². The number of carbonyl (C=O) groups excluding carboxylic acids is 4. The second-order valence-corrected chi connectivity index (χ2v) is 16.7. The maximum absolute atomic E-state index is 14.4. The molecule has 5 atom stereocenters. The Labute approximate surface area is 286 Å². The van der Waals surface area contributed by atoms with E-state index in [2.05, 4.69) is 32.2 Å². The number of nitrogens with one attached hydrogen (secondary N) is 3. The van der Waals surface area contributed by atoms with Crippen molar-refractivity contribution >= 4 is 33.8 Å². The lowest BCUT2D eigenvalue weighted by molar-refractivity contribution is -0.142. The first kappa shape index (κ1) is 34.6. The fourth-order valence-corrected chi connectivity index (χ4v) is 8.20. The Hall–Kier alpha value is -4.27. The number of aromatic nitrogens is 3. The summed E-state index contributed by atoms with van der Waals surface area (Å²) < 4.78 is 34.7. The molecule has 6 rings (SSSR count). The minimum absolute atomic E-state index is 0.0700. The summed E-state index contributed by atoms with van der Waals surface area (Å²) in [5.74, 6) is -2.43. The lowest BCUT2D eigenvalue weighted by Crippen LogP contribution is -2.60. The van der Waals surface area contributed by atoms with Crippen LogP contribution in [-0.2, 0) is 29.1 Å². The highest BCUT2D eigenvalue weighted by atomic mass is 32.2. The van der Waals surface area contributed by atoms with Crippen molar-refractivity contribution in [1.29, 1.82) is 0 Å². The SMILES string of the molecule is C=C[C@@H]1C[C@]1(NC(=O)[C@@H]1C[C@@H](n2cc(-c3ccccc3)nn2)CN1C(=O)[C@@H](NC(=O)OC1CCCC1)C(C)(C)C)C(=O)NS(=O)(=O)C1CC1. The zero-order chi connectivity index (χ0) is 35.1. The van der Waals surface area contributed by atoms with Crippen LogP contribution in [0.1, 0.15) is 78.2 Å². The first-order chi connectivity index (χ1) is 23.2. The summed E-state index contributed by atoms with van der Waals surface area (Å²) in [6.07, 6.45) is 7.09. The largest absolute Gasteiger partial charge is 0.446 e. The van der Waals surface area contributed by atoms with Crippen molar-refractivity contribution in [2.75, 3.05) is 6.54 Å². The van der Waals surface area contributed by atoms with Crippen molar-refractivity contribution in [3.63, 3.8) is 0 Å². The predicted molar refractivity (Wildman–Crippen MR) is 179 cm³/mol. The Kier molecular flexibility index (Phi) is 9.33. The van der Waals surface area contributed by atoms with Gasteiger partial charge in [-0.3, -0.25) is 19.1 Å². The van der Waals surface area contributed by atoms with Gasteiger partial charge in [0.05, 0.1) is 17.5 Å². The molecule has 1 aromatic carbocycles. The van der Waals surface area contributed by atoms with E-state index in [0.29, 0.717) is 18.5 Å². The summed E-state index contributed by atoms with van der Waals surface area (Å²) >= 11 is 0. The molecule has 4 aliphatic rings. The fourth-order valence-electron chi connectivity index (χ4n) is 6.84. The number of amides is 4. The van der Waals surface area contributed by atoms with E-state index >= 15 is 0 Å². The monoisotopic (exact) mass is 695 g/mol. The van der Waals surface area contributed by atoms with Gasteiger partial charge in [0.2, 0.25) is 21.8 Å². The molecular weight excluding hydrogens is 650 g/mol. The molecule has 0 radical (unpaired) electrons. The number of alkyl carbamates (subject to hydrolysis) is 1. The molecule has 3 saturated carbocycles. The molecule has 0 spiro atoms. The van der Waals surface area contributed by atoms with Crippen LogP contribution in [0.3, 0.4) is 0 Å². The van der Waals surface area contributed by atoms with Gasteiger partial charge in [-0.2, -0.15) is 0 Å². The summed E-state index contributed by atoms with van der Waals surface area (Å²) in [4.78, 5) is 56.5. The van der Waals surface area contributed by atoms with Crippen LogP contribution in [0.25, 0.3) is 11.3 Å². The zero-order valence-electron chi connectivity index (χ0n) is 28.1. The highest BCUT2D eigenvalue weighted by Crippen LogP contribution is 2.46. The van der Waals surface area contributed by atoms with Crippen LogP contribution in [0.5, 0.6) is 0 Å². The van der Waals surface area contributed by atoms with Crippen molar-refractivity contribution in [3.05, 3.63) is 49.2 Å². The summed E-state index contributed by atoms with van der Waals surface area (Å²) in [7, 11) is -3.87. The molecule has 2 heterocycles. The third-order valence-corrected chi connectivity index (χ3v) is 11.8. The topological polar surface area (TPSA) is 182 Å². The number of likely N-dealkylation sites (tertiary alicyclic amines) is 1. The smallest absolute Gasteiger partial charge is 0.408 e. The lowest BCUT2D eigenvalue weighted by Gasteiger charge is -2.35. The van der Waals surface area contributed by atoms with E-state index in [1.807, 2.05) is 51.1 Å². The molecule has 0 unspecified atom stereocenters. The van der Waals surface area contributed by atoms with Crippen molar-refractivity contribution in [3.8, 4) is 11.3 Å². The maximum Gasteiger partial charge on any atom is 0.408 e. The van der Waals surface area contributed by atoms with E-state index < -0.39 is 74.1 Å². The molecule has 1 aromatic heterocycles. The normalized spacial score (nSPS) is 26.1. The number of carbonyl (C=O) groups is 4. The quantitative estimate of drug-likeness (QED) is 0.298. The zero-order valence-corrected chi connectivity index (χ0v) is 28.9. The summed E-state index contributed by atoms with van der Waals surface area (Å²) in [6.45, 7) is 9.29. The second-order valence-electron chi connectivity index (χ2n) is 14.8. The number of ether oxygens (including phenoxy) is 1. The fraction of sp³-hybridized carbons (Fsp3) is 0.588. The number of nitrogens with zero attached hydrogens (tertiary/aromatic N) is 4. The van der Waals surface area contributed by atoms with E-state index in [9.17, 15) is 27.6 Å². The predicted octanol–water partition coefficient (Wildman–Crippen LogP) is 2.84. The number of sulfonamides is 1. The molecule has 4 fully saturated rings. The summed E-state index contributed by atoms with van der Waals surface area (Å²) in [5.41, 5.74) is -0.810. The van der Waals surface area contributed by atoms with Crippen molar-refractivity contribution < 1.29 is 32.3 Å². The standard InChI is InChI=1S/C34H45N7O7S/c1-5-22-18-34(22,31(44)38-49(46,47)25-15-16-25)36-29(42)27-17-23(41-20-26(37-39-41)21-11-7-6-8-12-21)19-40(27)30(43)28(33(2,3)4)35-32(45)48-24-13-9-10-14-24/h5-8,11-12,20,22-25,27-28H,1,9-10,13-19H2,2-4H3,(H,35,45)(H,36,42)(H,38,44)/t22-,23-,27+,28-,34-/m1/s1. The van der Waals surface area contributed by atoms with Crippen LogP contribution in [0.15, 0.2) is 49.2 Å². The Morgan fingerprint density at radius 2 is 1.78 bits per heavy atom. The molecule has 0 bridgehead atoms. The van der Waals surface area contributed by atoms with E-state index in [1.165, 1.54) is 11.0 Å². The summed E-state index contributed by atoms with van der Waals surface area (Å²) in [6, 6.07) is 6.88. The van der Waals surface area contributed by atoms with Gasteiger partial charge in [-0.25, -0.2) is 17.9 Å². The molecule has 1 saturated heterocycles. The molecule has 14 nitrogen and oxygen atoms in total. The van der Waals surface area contributed by atoms with Gasteiger partial charge < -0.3 is 20.3 Å². The van der Waals surface area contributed by atoms with E-state index in [4.69, 9.17) is 4.74 Å². The molecule has 1 aliphatic heterocycles. The Morgan fingerprint density at radius 3 is 2.39 bits per heavy atom. The molecule has 3 aliphatic carbocycles. The molecule has 3 N–H and O–H groups in total. The van der Waals surface area contributed by atoms with Crippen LogP contribution >= 0.6 is 0 Å². The first-order valence-electron chi connectivity index (χ1n) is 17.0. The first-order valence-corrected chi connectivity index (χ1v) is 18.5. The van der Waals surface area contributed by atoms with Crippen molar-refractivity contribution in [2.24, 2.45) is 11.3 Å². The van der Waals surface area contributed by atoms with Crippen molar-refractivity contribution in [1.82, 2.24) is 35.2 Å². The molecular formula is C34H45N7O7S. The van der Waals surface area contributed by atoms with Gasteiger partial charge in [0, 0.05) is 24.4 Å². The molecule has 49 heavy (non-hydrogen) atoms. The highest BCUT2D eigenvalue weighted by molar-refractivity contribution is 7.91. The number of hydrogen-bond acceptors (Lipinski definition) is 9. The van der Waals surface area contributed by atoms with Gasteiger partial charge in [-0.1, -0.05) is 62.4 Å². The van der Waals surface area contributed by atoms with E-state index in [1.54, 1.807) is 10.9 Å². The number of hydrogen-bond donors (Lipinski definition) is 3. The van der Waals surface area contributed by atoms with Gasteiger partial charge in [0.15, 0.2) is 0 Å². The maximum atomic E-state index is 14.4. The average Bonchev–Trinajstić information content (AvgIpc) is 3.82. The van der Waals surface area contributed by atoms with Gasteiger partial charge >= 0.3 is 6.09 Å². The third kappa shape index (κ3) is 7.36. The highest BCUT2D eigenvalue weighted by Gasteiger charge is 2.62. The average molecular weight is 696 g/mol. The van der Waals surface area contributed by atoms with Crippen LogP contribution in [0.2, 0.25) is 0 Å². The van der Waals surface area contributed by atoms with Gasteiger partial charge in [-0.15, -0.1) is 11.7 Å². The minimum Gasteiger partial charge on any atom is -0.446 e. The van der Waals surface area contributed by atoms with E-state index in [0.717, 1.165) is 31.2 Å². The van der Waals surface area contributed by atoms with Gasteiger partial charge in [0.1, 0.15) is 29.4 Å². The molecule has 15 heteroatoms. The van der Waals surface area contributed by atoms with Crippen LogP contribution in [-0.4, -0.2) is 87.6 Å². The lowest BCUT2D eigenvalue weighted by atomic mass is 9.85. The van der Waals surface area contributed by atoms with Crippen LogP contribution in [0.4, 0.5) is 4.79 Å². The minimum atomic E-state index is -3.87. The second kappa shape index (κ2) is 13.2. The Morgan fingerprint density at radius 1 is 1.08 bits per heavy atom. The Balaban J connectivity index is 1.26. The van der Waals surface area contributed by atoms with Crippen LogP contribution in [0, 0.1) is 11.3 Å².